The van der Waals surface area contributed by atoms with Crippen LogP contribution in [0.5, 0.6) is 0 Å². The van der Waals surface area contributed by atoms with Crippen molar-refractivity contribution >= 4 is 21.6 Å². The molecule has 0 aliphatic carbocycles. The fraction of sp³-hybridized carbons (Fsp3) is 0.545. The Morgan fingerprint density at radius 3 is 2.50 bits per heavy atom. The number of carbonyl (C=O) groups excluding carboxylic acids is 1. The highest BCUT2D eigenvalue weighted by atomic mass is 32.2. The minimum Gasteiger partial charge on any atom is -0.326 e. The van der Waals surface area contributed by atoms with E-state index in [2.05, 4.69) is 17.3 Å². The van der Waals surface area contributed by atoms with Gasteiger partial charge in [0.05, 0.1) is 17.9 Å². The van der Waals surface area contributed by atoms with E-state index in [1.807, 2.05) is 32.0 Å². The van der Waals surface area contributed by atoms with Gasteiger partial charge in [0.15, 0.2) is 0 Å². The predicted molar refractivity (Wildman–Crippen MR) is 118 cm³/mol. The van der Waals surface area contributed by atoms with Crippen LogP contribution in [-0.4, -0.2) is 41.5 Å². The average molecular weight is 433 g/mol. The highest BCUT2D eigenvalue weighted by molar-refractivity contribution is 7.89. The van der Waals surface area contributed by atoms with Crippen molar-refractivity contribution in [3.8, 4) is 0 Å². The number of rotatable bonds is 6. The SMILES string of the molecule is Cc1cccc(NC(=O)CCn2nc(C)c(S(=O)(=O)N3CCC(C)CC3)c2C)c1C. The first-order chi connectivity index (χ1) is 14.1. The molecule has 1 amide bonds. The van der Waals surface area contributed by atoms with Crippen molar-refractivity contribution in [3.63, 3.8) is 0 Å². The molecule has 1 aliphatic rings. The van der Waals surface area contributed by atoms with E-state index in [0.29, 0.717) is 36.9 Å². The van der Waals surface area contributed by atoms with Gasteiger partial charge in [0.2, 0.25) is 15.9 Å². The number of anilines is 1. The van der Waals surface area contributed by atoms with E-state index in [4.69, 9.17) is 0 Å². The van der Waals surface area contributed by atoms with Gasteiger partial charge in [-0.1, -0.05) is 19.1 Å². The Balaban J connectivity index is 1.71. The van der Waals surface area contributed by atoms with Gasteiger partial charge in [-0.15, -0.1) is 0 Å². The summed E-state index contributed by atoms with van der Waals surface area (Å²) in [6, 6.07) is 5.80. The van der Waals surface area contributed by atoms with Crippen LogP contribution < -0.4 is 5.32 Å². The summed E-state index contributed by atoms with van der Waals surface area (Å²) in [6.45, 7) is 11.0. The van der Waals surface area contributed by atoms with Crippen LogP contribution in [0, 0.1) is 33.6 Å². The zero-order valence-electron chi connectivity index (χ0n) is 18.5. The second-order valence-corrected chi connectivity index (χ2v) is 10.2. The fourth-order valence-corrected chi connectivity index (χ4v) is 5.78. The zero-order chi connectivity index (χ0) is 22.1. The number of hydrogen-bond donors (Lipinski definition) is 1. The molecule has 7 nitrogen and oxygen atoms in total. The molecule has 1 saturated heterocycles. The number of hydrogen-bond acceptors (Lipinski definition) is 4. The first-order valence-corrected chi connectivity index (χ1v) is 12.0. The van der Waals surface area contributed by atoms with Gasteiger partial charge in [0.25, 0.3) is 0 Å². The third-order valence-corrected chi connectivity index (χ3v) is 8.24. The molecule has 0 saturated carbocycles. The first-order valence-electron chi connectivity index (χ1n) is 10.5. The minimum absolute atomic E-state index is 0.120. The van der Waals surface area contributed by atoms with E-state index in [0.717, 1.165) is 29.7 Å². The zero-order valence-corrected chi connectivity index (χ0v) is 19.3. The van der Waals surface area contributed by atoms with Crippen molar-refractivity contribution in [3.05, 3.63) is 40.7 Å². The smallest absolute Gasteiger partial charge is 0.246 e. The summed E-state index contributed by atoms with van der Waals surface area (Å²) in [6.07, 6.45) is 1.98. The molecule has 3 rings (SSSR count). The molecule has 1 aromatic carbocycles. The second kappa shape index (κ2) is 8.89. The Morgan fingerprint density at radius 2 is 1.83 bits per heavy atom. The number of amides is 1. The number of sulfonamides is 1. The monoisotopic (exact) mass is 432 g/mol. The molecule has 2 heterocycles. The molecule has 164 valence electrons. The van der Waals surface area contributed by atoms with E-state index >= 15 is 0 Å². The molecule has 0 bridgehead atoms. The molecule has 0 radical (unpaired) electrons. The largest absolute Gasteiger partial charge is 0.326 e. The predicted octanol–water partition coefficient (Wildman–Crippen LogP) is 3.57. The van der Waals surface area contributed by atoms with Gasteiger partial charge in [-0.05, 0) is 63.6 Å². The van der Waals surface area contributed by atoms with Gasteiger partial charge in [0, 0.05) is 25.2 Å². The Labute approximate surface area is 179 Å². The van der Waals surface area contributed by atoms with E-state index in [1.54, 1.807) is 22.8 Å². The molecular weight excluding hydrogens is 400 g/mol. The molecule has 0 atom stereocenters. The fourth-order valence-electron chi connectivity index (χ4n) is 3.93. The average Bonchev–Trinajstić information content (AvgIpc) is 2.98. The van der Waals surface area contributed by atoms with Crippen LogP contribution in [0.3, 0.4) is 0 Å². The molecule has 1 aliphatic heterocycles. The molecular formula is C22H32N4O3S. The summed E-state index contributed by atoms with van der Waals surface area (Å²) in [5.74, 6) is 0.433. The lowest BCUT2D eigenvalue weighted by Gasteiger charge is -2.29. The summed E-state index contributed by atoms with van der Waals surface area (Å²) < 4.78 is 29.6. The van der Waals surface area contributed by atoms with E-state index in [9.17, 15) is 13.2 Å². The minimum atomic E-state index is -3.57. The van der Waals surface area contributed by atoms with Crippen molar-refractivity contribution in [2.75, 3.05) is 18.4 Å². The highest BCUT2D eigenvalue weighted by Crippen LogP contribution is 2.27. The van der Waals surface area contributed by atoms with Crippen LogP contribution in [0.2, 0.25) is 0 Å². The quantitative estimate of drug-likeness (QED) is 0.756. The van der Waals surface area contributed by atoms with E-state index < -0.39 is 10.0 Å². The van der Waals surface area contributed by atoms with Crippen molar-refractivity contribution in [2.24, 2.45) is 5.92 Å². The van der Waals surface area contributed by atoms with E-state index in [1.165, 1.54) is 0 Å². The van der Waals surface area contributed by atoms with E-state index in [-0.39, 0.29) is 17.2 Å². The topological polar surface area (TPSA) is 84.3 Å². The lowest BCUT2D eigenvalue weighted by Crippen LogP contribution is -2.38. The van der Waals surface area contributed by atoms with Crippen LogP contribution in [0.4, 0.5) is 5.69 Å². The maximum atomic E-state index is 13.2. The number of benzene rings is 1. The number of nitrogens with zero attached hydrogens (tertiary/aromatic N) is 3. The molecule has 0 spiro atoms. The number of nitrogens with one attached hydrogen (secondary N) is 1. The maximum absolute atomic E-state index is 13.2. The maximum Gasteiger partial charge on any atom is 0.246 e. The Hall–Kier alpha value is -2.19. The lowest BCUT2D eigenvalue weighted by atomic mass is 10.0. The van der Waals surface area contributed by atoms with Crippen molar-refractivity contribution in [2.45, 2.75) is 65.3 Å². The van der Waals surface area contributed by atoms with Crippen molar-refractivity contribution in [1.29, 1.82) is 0 Å². The number of carbonyl (C=O) groups is 1. The summed E-state index contributed by atoms with van der Waals surface area (Å²) in [7, 11) is -3.57. The Morgan fingerprint density at radius 1 is 1.17 bits per heavy atom. The Kier molecular flexibility index (Phi) is 6.67. The summed E-state index contributed by atoms with van der Waals surface area (Å²) in [5, 5.41) is 7.37. The molecule has 1 aromatic heterocycles. The molecule has 1 fully saturated rings. The number of aryl methyl sites for hydroxylation is 3. The Bertz CT molecular complexity index is 1030. The van der Waals surface area contributed by atoms with Gasteiger partial charge in [0.1, 0.15) is 4.90 Å². The molecule has 8 heteroatoms. The van der Waals surface area contributed by atoms with Crippen LogP contribution >= 0.6 is 0 Å². The lowest BCUT2D eigenvalue weighted by molar-refractivity contribution is -0.116. The molecule has 0 unspecified atom stereocenters. The number of piperidine rings is 1. The normalized spacial score (nSPS) is 16.0. The van der Waals surface area contributed by atoms with Gasteiger partial charge in [-0.25, -0.2) is 8.42 Å². The highest BCUT2D eigenvalue weighted by Gasteiger charge is 2.33. The standard InChI is InChI=1S/C22H32N4O3S/c1-15-9-12-25(13-10-15)30(28,29)22-18(4)24-26(19(22)5)14-11-21(27)23-20-8-6-7-16(2)17(20)3/h6-8,15H,9-14H2,1-5H3,(H,23,27). The van der Waals surface area contributed by atoms with Crippen molar-refractivity contribution < 1.29 is 13.2 Å². The first kappa shape index (κ1) is 22.5. The summed E-state index contributed by atoms with van der Waals surface area (Å²) >= 11 is 0. The van der Waals surface area contributed by atoms with Gasteiger partial charge in [-0.3, -0.25) is 9.48 Å². The molecule has 2 aromatic rings. The molecule has 30 heavy (non-hydrogen) atoms. The van der Waals surface area contributed by atoms with Crippen molar-refractivity contribution in [1.82, 2.24) is 14.1 Å². The second-order valence-electron chi connectivity index (χ2n) is 8.36. The van der Waals surface area contributed by atoms with Gasteiger partial charge < -0.3 is 5.32 Å². The van der Waals surface area contributed by atoms with Gasteiger partial charge >= 0.3 is 0 Å². The number of aromatic nitrogens is 2. The summed E-state index contributed by atoms with van der Waals surface area (Å²) in [4.78, 5) is 12.7. The summed E-state index contributed by atoms with van der Waals surface area (Å²) in [5.41, 5.74) is 4.04. The third-order valence-electron chi connectivity index (χ3n) is 6.08. The van der Waals surface area contributed by atoms with Gasteiger partial charge in [-0.2, -0.15) is 9.40 Å². The third kappa shape index (κ3) is 4.59. The van der Waals surface area contributed by atoms with Crippen LogP contribution in [0.1, 0.15) is 48.7 Å². The van der Waals surface area contributed by atoms with Crippen LogP contribution in [0.15, 0.2) is 23.1 Å². The van der Waals surface area contributed by atoms with Crippen LogP contribution in [-0.2, 0) is 21.4 Å². The molecule has 1 N–H and O–H groups in total. The van der Waals surface area contributed by atoms with Crippen LogP contribution in [0.25, 0.3) is 0 Å².